The third kappa shape index (κ3) is 4.18. The molecule has 1 N–H and O–H groups in total. The lowest BCUT2D eigenvalue weighted by atomic mass is 9.48. The molecule has 2 unspecified atom stereocenters. The van der Waals surface area contributed by atoms with E-state index in [1.54, 1.807) is 12.1 Å². The third-order valence-electron chi connectivity index (χ3n) is 10.5. The maximum atomic E-state index is 14.0. The number of aromatic hydroxyl groups is 1. The van der Waals surface area contributed by atoms with Gasteiger partial charge in [-0.2, -0.15) is 0 Å². The van der Waals surface area contributed by atoms with Crippen LogP contribution < -0.4 is 4.74 Å². The molecule has 7 nitrogen and oxygen atoms in total. The van der Waals surface area contributed by atoms with E-state index in [2.05, 4.69) is 18.7 Å². The Morgan fingerprint density at radius 3 is 2.64 bits per heavy atom. The summed E-state index contributed by atoms with van der Waals surface area (Å²) in [5, 5.41) is 11.1. The number of phenols is 1. The van der Waals surface area contributed by atoms with Gasteiger partial charge in [0.2, 0.25) is 5.91 Å². The zero-order valence-electron chi connectivity index (χ0n) is 24.9. The van der Waals surface area contributed by atoms with E-state index in [4.69, 9.17) is 9.47 Å². The van der Waals surface area contributed by atoms with Crippen LogP contribution in [0.25, 0.3) is 6.08 Å². The van der Waals surface area contributed by atoms with E-state index in [0.717, 1.165) is 37.1 Å². The Bertz CT molecular complexity index is 1420. The molecule has 2 aliphatic heterocycles. The van der Waals surface area contributed by atoms with Crippen LogP contribution in [0.3, 0.4) is 0 Å². The highest BCUT2D eigenvalue weighted by atomic mass is 16.6. The first kappa shape index (κ1) is 27.5. The molecule has 222 valence electrons. The van der Waals surface area contributed by atoms with Crippen LogP contribution in [0.4, 0.5) is 0 Å². The fourth-order valence-electron chi connectivity index (χ4n) is 8.82. The van der Waals surface area contributed by atoms with Crippen molar-refractivity contribution >= 4 is 18.0 Å². The van der Waals surface area contributed by atoms with Crippen molar-refractivity contribution in [2.24, 2.45) is 11.8 Å². The molecule has 2 aromatic carbocycles. The molecule has 2 aromatic rings. The van der Waals surface area contributed by atoms with Gasteiger partial charge in [0, 0.05) is 31.7 Å². The number of nitrogens with zero attached hydrogens (tertiary/aromatic N) is 2. The number of hydrogen-bond donors (Lipinski definition) is 1. The van der Waals surface area contributed by atoms with Crippen molar-refractivity contribution < 1.29 is 24.2 Å². The van der Waals surface area contributed by atoms with Gasteiger partial charge in [0.25, 0.3) is 0 Å². The average Bonchev–Trinajstić information content (AvgIpc) is 3.71. The van der Waals surface area contributed by atoms with Crippen LogP contribution in [0, 0.1) is 11.8 Å². The number of amides is 1. The van der Waals surface area contributed by atoms with E-state index >= 15 is 0 Å². The molecule has 0 aromatic heterocycles. The molecule has 7 heteroatoms. The monoisotopic (exact) mass is 570 g/mol. The molecule has 5 atom stereocenters. The number of hydrogen-bond acceptors (Lipinski definition) is 6. The Balaban J connectivity index is 1.33. The normalized spacial score (nSPS) is 31.1. The summed E-state index contributed by atoms with van der Waals surface area (Å²) in [5.74, 6) is 1.29. The predicted octanol–water partition coefficient (Wildman–Crippen LogP) is 5.09. The Labute approximate surface area is 248 Å². The maximum absolute atomic E-state index is 14.0. The molecule has 0 radical (unpaired) electrons. The van der Waals surface area contributed by atoms with E-state index in [9.17, 15) is 14.7 Å². The number of carbonyl (C=O) groups excluding carboxylic acids is 2. The summed E-state index contributed by atoms with van der Waals surface area (Å²) in [5.41, 5.74) is 1.75. The van der Waals surface area contributed by atoms with Gasteiger partial charge < -0.3 is 19.5 Å². The summed E-state index contributed by atoms with van der Waals surface area (Å²) in [6.07, 6.45) is 8.50. The number of piperidine rings is 1. The molecule has 1 amide bonds. The smallest absolute Gasteiger partial charge is 0.303 e. The van der Waals surface area contributed by atoms with E-state index in [1.165, 1.54) is 25.3 Å². The largest absolute Gasteiger partial charge is 0.504 e. The van der Waals surface area contributed by atoms with Crippen molar-refractivity contribution in [3.63, 3.8) is 0 Å². The summed E-state index contributed by atoms with van der Waals surface area (Å²) in [6.45, 7) is 8.29. The number of carbonyl (C=O) groups is 2. The van der Waals surface area contributed by atoms with Gasteiger partial charge in [0.05, 0.1) is 17.5 Å². The first-order valence-corrected chi connectivity index (χ1v) is 15.7. The zero-order chi connectivity index (χ0) is 29.2. The van der Waals surface area contributed by atoms with Gasteiger partial charge >= 0.3 is 5.97 Å². The minimum Gasteiger partial charge on any atom is -0.504 e. The molecule has 5 aliphatic rings. The minimum atomic E-state index is -0.772. The second-order valence-electron chi connectivity index (χ2n) is 13.6. The van der Waals surface area contributed by atoms with Gasteiger partial charge in [-0.25, -0.2) is 0 Å². The average molecular weight is 571 g/mol. The van der Waals surface area contributed by atoms with Gasteiger partial charge in [0.15, 0.2) is 11.5 Å². The maximum Gasteiger partial charge on any atom is 0.303 e. The number of phenolic OH excluding ortho intramolecular Hbond substituents is 1. The van der Waals surface area contributed by atoms with E-state index in [-0.39, 0.29) is 35.6 Å². The number of benzene rings is 2. The second-order valence-corrected chi connectivity index (χ2v) is 13.6. The fourth-order valence-corrected chi connectivity index (χ4v) is 8.82. The van der Waals surface area contributed by atoms with Crippen LogP contribution in [0.1, 0.15) is 69.6 Å². The lowest BCUT2D eigenvalue weighted by Crippen LogP contribution is -2.79. The summed E-state index contributed by atoms with van der Waals surface area (Å²) < 4.78 is 13.4. The lowest BCUT2D eigenvalue weighted by Gasteiger charge is -2.65. The van der Waals surface area contributed by atoms with Crippen molar-refractivity contribution in [3.8, 4) is 11.5 Å². The number of rotatable bonds is 8. The zero-order valence-corrected chi connectivity index (χ0v) is 24.9. The van der Waals surface area contributed by atoms with Crippen LogP contribution in [-0.4, -0.2) is 70.2 Å². The quantitative estimate of drug-likeness (QED) is 0.352. The van der Waals surface area contributed by atoms with Crippen LogP contribution in [0.15, 0.2) is 48.5 Å². The Hall–Kier alpha value is -3.32. The molecule has 1 spiro atoms. The molecule has 2 bridgehead atoms. The lowest BCUT2D eigenvalue weighted by molar-refractivity contribution is -0.224. The summed E-state index contributed by atoms with van der Waals surface area (Å²) in [4.78, 5) is 31.5. The first-order valence-electron chi connectivity index (χ1n) is 15.7. The van der Waals surface area contributed by atoms with Crippen LogP contribution in [0.5, 0.6) is 11.5 Å². The van der Waals surface area contributed by atoms with Gasteiger partial charge in [-0.3, -0.25) is 14.5 Å². The molecule has 2 saturated carbocycles. The van der Waals surface area contributed by atoms with Crippen molar-refractivity contribution in [3.05, 3.63) is 65.2 Å². The summed E-state index contributed by atoms with van der Waals surface area (Å²) >= 11 is 0. The molecular weight excluding hydrogens is 528 g/mol. The highest BCUT2D eigenvalue weighted by Gasteiger charge is 2.75. The van der Waals surface area contributed by atoms with E-state index in [0.29, 0.717) is 31.1 Å². The third-order valence-corrected chi connectivity index (χ3v) is 10.5. The van der Waals surface area contributed by atoms with Gasteiger partial charge in [-0.05, 0) is 80.2 Å². The van der Waals surface area contributed by atoms with E-state index in [1.807, 2.05) is 47.4 Å². The first-order chi connectivity index (χ1) is 20.2. The highest BCUT2D eigenvalue weighted by Crippen LogP contribution is 2.67. The SMILES string of the molecule is CC(=O)O[C@@]12CCC(N(CC(C)C)C(=O)/C=C/c3ccccc3)C3Oc4c(O)ccc5c4[C@@]31CCN(CC1CC1)[C@@H]2C5. The minimum absolute atomic E-state index is 0.0398. The highest BCUT2D eigenvalue weighted by molar-refractivity contribution is 5.92. The van der Waals surface area contributed by atoms with Gasteiger partial charge in [-0.15, -0.1) is 0 Å². The molecule has 1 saturated heterocycles. The fraction of sp³-hybridized carbons (Fsp3) is 0.543. The Morgan fingerprint density at radius 1 is 1.14 bits per heavy atom. The van der Waals surface area contributed by atoms with Crippen LogP contribution in [0.2, 0.25) is 0 Å². The molecule has 3 aliphatic carbocycles. The van der Waals surface area contributed by atoms with Crippen molar-refractivity contribution in [2.75, 3.05) is 19.6 Å². The van der Waals surface area contributed by atoms with Crippen molar-refractivity contribution in [1.29, 1.82) is 0 Å². The molecule has 2 heterocycles. The van der Waals surface area contributed by atoms with Crippen molar-refractivity contribution in [2.45, 2.75) is 88.5 Å². The van der Waals surface area contributed by atoms with Crippen LogP contribution >= 0.6 is 0 Å². The number of ether oxygens (including phenoxy) is 2. The molecule has 3 fully saturated rings. The summed E-state index contributed by atoms with van der Waals surface area (Å²) in [6, 6.07) is 13.5. The number of likely N-dealkylation sites (tertiary alicyclic amines) is 1. The van der Waals surface area contributed by atoms with Gasteiger partial charge in [0.1, 0.15) is 11.7 Å². The van der Waals surface area contributed by atoms with Crippen LogP contribution in [-0.2, 0) is 26.2 Å². The molecule has 7 rings (SSSR count). The molecular formula is C35H42N2O5. The second kappa shape index (κ2) is 10.1. The Kier molecular flexibility index (Phi) is 6.65. The predicted molar refractivity (Wildman–Crippen MR) is 160 cm³/mol. The molecule has 42 heavy (non-hydrogen) atoms. The standard InChI is InChI=1S/C35H42N2O5/c1-22(2)20-37(30(40)14-11-24-7-5-4-6-8-24)27-15-16-35(42-23(3)38)29-19-26-12-13-28(39)32-31(26)34(35,33(27)41-32)17-18-36(29)21-25-9-10-25/h4-8,11-14,22,25,27,29,33,39H,9-10,15-21H2,1-3H3/b14-11+/t27?,29-,33?,34+,35-/m1/s1. The topological polar surface area (TPSA) is 79.3 Å². The summed E-state index contributed by atoms with van der Waals surface area (Å²) in [7, 11) is 0. The van der Waals surface area contributed by atoms with E-state index < -0.39 is 17.1 Å². The number of esters is 1. The van der Waals surface area contributed by atoms with Crippen molar-refractivity contribution in [1.82, 2.24) is 9.80 Å². The Morgan fingerprint density at radius 2 is 1.93 bits per heavy atom. The van der Waals surface area contributed by atoms with Gasteiger partial charge in [-0.1, -0.05) is 50.2 Å².